The molecule has 0 atom stereocenters. The minimum atomic E-state index is -0.857. The molecule has 2 aromatic heterocycles. The number of hydrogen-bond donors (Lipinski definition) is 1. The molecule has 0 aliphatic carbocycles. The van der Waals surface area contributed by atoms with E-state index < -0.39 is 5.60 Å². The summed E-state index contributed by atoms with van der Waals surface area (Å²) in [7, 11) is 0. The summed E-state index contributed by atoms with van der Waals surface area (Å²) in [5, 5.41) is 20.8. The van der Waals surface area contributed by atoms with Crippen LogP contribution in [0.3, 0.4) is 0 Å². The summed E-state index contributed by atoms with van der Waals surface area (Å²) in [5.41, 5.74) is 1.95. The van der Waals surface area contributed by atoms with Gasteiger partial charge in [-0.1, -0.05) is 12.1 Å². The molecule has 1 aromatic carbocycles. The molecule has 1 N–H and O–H groups in total. The average molecular weight is 420 g/mol. The van der Waals surface area contributed by atoms with Crippen molar-refractivity contribution in [3.63, 3.8) is 0 Å². The van der Waals surface area contributed by atoms with E-state index in [0.717, 1.165) is 10.6 Å². The number of nitrogens with zero attached hydrogens (tertiary/aromatic N) is 5. The van der Waals surface area contributed by atoms with Crippen LogP contribution in [0.2, 0.25) is 0 Å². The summed E-state index contributed by atoms with van der Waals surface area (Å²) >= 11 is 1.37. The van der Waals surface area contributed by atoms with E-state index in [2.05, 4.69) is 21.0 Å². The number of likely N-dealkylation sites (tertiary alicyclic amines) is 1. The lowest BCUT2D eigenvalue weighted by Crippen LogP contribution is -2.47. The number of carbonyl (C=O) groups excluding carboxylic acids is 1. The Bertz CT molecular complexity index is 1080. The van der Waals surface area contributed by atoms with E-state index in [9.17, 15) is 9.90 Å². The molecule has 3 heterocycles. The first-order valence-electron chi connectivity index (χ1n) is 9.72. The fourth-order valence-corrected chi connectivity index (χ4v) is 4.60. The molecule has 0 unspecified atom stereocenters. The normalized spacial score (nSPS) is 15.6. The van der Waals surface area contributed by atoms with Crippen LogP contribution in [-0.2, 0) is 6.42 Å². The highest BCUT2D eigenvalue weighted by molar-refractivity contribution is 7.14. The molecular formula is C22H21N5O2S. The van der Waals surface area contributed by atoms with Gasteiger partial charge in [0, 0.05) is 25.7 Å². The van der Waals surface area contributed by atoms with Crippen LogP contribution < -0.4 is 0 Å². The molecule has 1 aliphatic rings. The first-order valence-corrected chi connectivity index (χ1v) is 10.5. The lowest BCUT2D eigenvalue weighted by molar-refractivity contribution is -0.0161. The smallest absolute Gasteiger partial charge is 0.266 e. The highest BCUT2D eigenvalue weighted by Gasteiger charge is 2.35. The van der Waals surface area contributed by atoms with Crippen molar-refractivity contribution in [1.82, 2.24) is 19.9 Å². The van der Waals surface area contributed by atoms with Gasteiger partial charge >= 0.3 is 0 Å². The Balaban J connectivity index is 1.45. The lowest BCUT2D eigenvalue weighted by atomic mass is 9.85. The minimum Gasteiger partial charge on any atom is -0.389 e. The number of aromatic nitrogens is 3. The molecule has 0 radical (unpaired) electrons. The number of carbonyl (C=O) groups is 1. The molecule has 30 heavy (non-hydrogen) atoms. The van der Waals surface area contributed by atoms with E-state index in [1.54, 1.807) is 29.3 Å². The second-order valence-corrected chi connectivity index (χ2v) is 8.71. The Morgan fingerprint density at radius 3 is 2.63 bits per heavy atom. The SMILES string of the molecule is Cc1nc(-c2ccncn2)c(C(=O)N2CCC(O)(Cc3ccc(C#N)cc3)CC2)s1. The maximum Gasteiger partial charge on any atom is 0.266 e. The van der Waals surface area contributed by atoms with Crippen LogP contribution >= 0.6 is 11.3 Å². The maximum atomic E-state index is 13.2. The van der Waals surface area contributed by atoms with Gasteiger partial charge in [0.2, 0.25) is 0 Å². The van der Waals surface area contributed by atoms with Gasteiger partial charge in [-0.3, -0.25) is 4.79 Å². The molecule has 1 amide bonds. The van der Waals surface area contributed by atoms with Gasteiger partial charge in [0.1, 0.15) is 16.9 Å². The summed E-state index contributed by atoms with van der Waals surface area (Å²) in [6.07, 6.45) is 4.59. The molecule has 0 bridgehead atoms. The van der Waals surface area contributed by atoms with Crippen molar-refractivity contribution in [2.24, 2.45) is 0 Å². The standard InChI is InChI=1S/C22H21N5O2S/c1-15-26-19(18-6-9-24-14-25-18)20(30-15)21(28)27-10-7-22(29,8-11-27)12-16-2-4-17(13-23)5-3-16/h2-6,9,14,29H,7-8,10-12H2,1H3. The molecule has 1 fully saturated rings. The van der Waals surface area contributed by atoms with Gasteiger partial charge in [0.05, 0.1) is 27.9 Å². The van der Waals surface area contributed by atoms with Crippen LogP contribution in [0.4, 0.5) is 0 Å². The molecule has 1 saturated heterocycles. The molecular weight excluding hydrogens is 398 g/mol. The summed E-state index contributed by atoms with van der Waals surface area (Å²) < 4.78 is 0. The molecule has 1 aliphatic heterocycles. The zero-order valence-corrected chi connectivity index (χ0v) is 17.4. The van der Waals surface area contributed by atoms with Crippen LogP contribution in [0.25, 0.3) is 11.4 Å². The Hall–Kier alpha value is -3.15. The van der Waals surface area contributed by atoms with Gasteiger partial charge in [0.25, 0.3) is 5.91 Å². The number of aliphatic hydroxyl groups is 1. The Morgan fingerprint density at radius 1 is 1.27 bits per heavy atom. The fourth-order valence-electron chi connectivity index (χ4n) is 3.70. The van der Waals surface area contributed by atoms with E-state index in [1.165, 1.54) is 17.7 Å². The van der Waals surface area contributed by atoms with Crippen LogP contribution in [0.5, 0.6) is 0 Å². The Labute approximate surface area is 178 Å². The number of amides is 1. The average Bonchev–Trinajstić information content (AvgIpc) is 3.16. The number of piperidine rings is 1. The van der Waals surface area contributed by atoms with Crippen LogP contribution in [0.1, 0.15) is 38.6 Å². The van der Waals surface area contributed by atoms with Gasteiger partial charge < -0.3 is 10.0 Å². The van der Waals surface area contributed by atoms with Crippen molar-refractivity contribution in [3.05, 3.63) is 63.9 Å². The molecule has 7 nitrogen and oxygen atoms in total. The number of thiazole rings is 1. The van der Waals surface area contributed by atoms with Crippen molar-refractivity contribution in [2.45, 2.75) is 31.8 Å². The summed E-state index contributed by atoms with van der Waals surface area (Å²) in [6.45, 7) is 2.83. The third-order valence-electron chi connectivity index (χ3n) is 5.35. The van der Waals surface area contributed by atoms with Crippen molar-refractivity contribution >= 4 is 17.2 Å². The first-order chi connectivity index (χ1) is 14.5. The highest BCUT2D eigenvalue weighted by Crippen LogP contribution is 2.31. The number of rotatable bonds is 4. The van der Waals surface area contributed by atoms with Crippen LogP contribution in [-0.4, -0.2) is 49.6 Å². The Kier molecular flexibility index (Phi) is 5.57. The summed E-state index contributed by atoms with van der Waals surface area (Å²) in [4.78, 5) is 28.2. The molecule has 4 rings (SSSR count). The number of aryl methyl sites for hydroxylation is 1. The summed E-state index contributed by atoms with van der Waals surface area (Å²) in [6, 6.07) is 11.1. The third kappa shape index (κ3) is 4.22. The van der Waals surface area contributed by atoms with E-state index in [0.29, 0.717) is 54.2 Å². The highest BCUT2D eigenvalue weighted by atomic mass is 32.1. The number of nitriles is 1. The second kappa shape index (κ2) is 8.30. The van der Waals surface area contributed by atoms with Crippen molar-refractivity contribution in [3.8, 4) is 17.5 Å². The molecule has 8 heteroatoms. The van der Waals surface area contributed by atoms with Crippen LogP contribution in [0, 0.1) is 18.3 Å². The Morgan fingerprint density at radius 2 is 2.00 bits per heavy atom. The number of benzene rings is 1. The van der Waals surface area contributed by atoms with Gasteiger partial charge in [-0.15, -0.1) is 11.3 Å². The van der Waals surface area contributed by atoms with Gasteiger partial charge in [-0.2, -0.15) is 5.26 Å². The minimum absolute atomic E-state index is 0.0744. The summed E-state index contributed by atoms with van der Waals surface area (Å²) in [5.74, 6) is -0.0744. The van der Waals surface area contributed by atoms with Gasteiger partial charge in [-0.25, -0.2) is 15.0 Å². The zero-order valence-electron chi connectivity index (χ0n) is 16.6. The zero-order chi connectivity index (χ0) is 21.1. The van der Waals surface area contributed by atoms with Crippen molar-refractivity contribution in [2.75, 3.05) is 13.1 Å². The van der Waals surface area contributed by atoms with E-state index >= 15 is 0 Å². The monoisotopic (exact) mass is 419 g/mol. The predicted octanol–water partition coefficient (Wildman–Crippen LogP) is 2.99. The second-order valence-electron chi connectivity index (χ2n) is 7.51. The molecule has 3 aromatic rings. The van der Waals surface area contributed by atoms with E-state index in [1.807, 2.05) is 19.1 Å². The quantitative estimate of drug-likeness (QED) is 0.697. The topological polar surface area (TPSA) is 103 Å². The van der Waals surface area contributed by atoms with Crippen molar-refractivity contribution < 1.29 is 9.90 Å². The van der Waals surface area contributed by atoms with Crippen molar-refractivity contribution in [1.29, 1.82) is 5.26 Å². The molecule has 152 valence electrons. The molecule has 0 saturated carbocycles. The van der Waals surface area contributed by atoms with Crippen LogP contribution in [0.15, 0.2) is 42.9 Å². The fraction of sp³-hybridized carbons (Fsp3) is 0.318. The van der Waals surface area contributed by atoms with Gasteiger partial charge in [-0.05, 0) is 43.5 Å². The predicted molar refractivity (Wildman–Crippen MR) is 113 cm³/mol. The lowest BCUT2D eigenvalue weighted by Gasteiger charge is -2.38. The number of hydrogen-bond acceptors (Lipinski definition) is 7. The maximum absolute atomic E-state index is 13.2. The largest absolute Gasteiger partial charge is 0.389 e. The molecule has 0 spiro atoms. The van der Waals surface area contributed by atoms with E-state index in [-0.39, 0.29) is 5.91 Å². The van der Waals surface area contributed by atoms with E-state index in [4.69, 9.17) is 5.26 Å². The third-order valence-corrected chi connectivity index (χ3v) is 6.31. The van der Waals surface area contributed by atoms with Gasteiger partial charge in [0.15, 0.2) is 0 Å². The first kappa shape index (κ1) is 20.1.